The van der Waals surface area contributed by atoms with E-state index in [4.69, 9.17) is 11.5 Å². The lowest BCUT2D eigenvalue weighted by Gasteiger charge is -2.38. The van der Waals surface area contributed by atoms with Gasteiger partial charge in [0.1, 0.15) is 0 Å². The van der Waals surface area contributed by atoms with Gasteiger partial charge >= 0.3 is 0 Å². The normalized spacial score (nSPS) is 22.4. The van der Waals surface area contributed by atoms with Crippen LogP contribution in [0.2, 0.25) is 0 Å². The van der Waals surface area contributed by atoms with Crippen molar-refractivity contribution in [1.82, 2.24) is 9.97 Å². The quantitative estimate of drug-likeness (QED) is 0.866. The molecule has 6 nitrogen and oxygen atoms in total. The van der Waals surface area contributed by atoms with Crippen LogP contribution in [0, 0.1) is 5.92 Å². The minimum Gasteiger partial charge on any atom is -0.381 e. The fourth-order valence-electron chi connectivity index (χ4n) is 2.85. The minimum absolute atomic E-state index is 0.158. The average molecular weight is 285 g/mol. The van der Waals surface area contributed by atoms with E-state index >= 15 is 0 Å². The average Bonchev–Trinajstić information content (AvgIpc) is 2.47. The zero-order valence-corrected chi connectivity index (χ0v) is 12.0. The number of nitrogens with zero attached hydrogens (tertiary/aromatic N) is 3. The molecule has 0 bridgehead atoms. The summed E-state index contributed by atoms with van der Waals surface area (Å²) in [5.41, 5.74) is 13.1. The maximum absolute atomic E-state index is 11.5. The lowest BCUT2D eigenvalue weighted by molar-refractivity contribution is -0.122. The van der Waals surface area contributed by atoms with Crippen molar-refractivity contribution in [2.45, 2.75) is 25.8 Å². The fourth-order valence-corrected chi connectivity index (χ4v) is 2.85. The van der Waals surface area contributed by atoms with E-state index in [0.29, 0.717) is 18.2 Å². The molecule has 1 amide bonds. The Morgan fingerprint density at radius 2 is 1.90 bits per heavy atom. The number of piperidine rings is 1. The molecule has 110 valence electrons. The lowest BCUT2D eigenvalue weighted by Crippen LogP contribution is -2.46. The van der Waals surface area contributed by atoms with E-state index in [0.717, 1.165) is 23.9 Å². The van der Waals surface area contributed by atoms with Gasteiger partial charge in [0.15, 0.2) is 11.6 Å². The van der Waals surface area contributed by atoms with Crippen molar-refractivity contribution >= 4 is 28.6 Å². The first-order chi connectivity index (χ1) is 10.1. The summed E-state index contributed by atoms with van der Waals surface area (Å²) < 4.78 is 0. The number of hydrogen-bond acceptors (Lipinski definition) is 5. The van der Waals surface area contributed by atoms with Gasteiger partial charge < -0.3 is 16.4 Å². The van der Waals surface area contributed by atoms with Gasteiger partial charge in [-0.05, 0) is 31.9 Å². The Morgan fingerprint density at radius 3 is 2.57 bits per heavy atom. The molecule has 0 radical (unpaired) electrons. The topological polar surface area (TPSA) is 98.1 Å². The Bertz CT molecular complexity index is 687. The smallest absolute Gasteiger partial charge is 0.222 e. The number of primary amides is 1. The summed E-state index contributed by atoms with van der Waals surface area (Å²) in [7, 11) is 0. The predicted molar refractivity (Wildman–Crippen MR) is 82.7 cm³/mol. The summed E-state index contributed by atoms with van der Waals surface area (Å²) in [4.78, 5) is 22.6. The molecule has 1 aromatic heterocycles. The van der Waals surface area contributed by atoms with Crippen LogP contribution in [0.3, 0.4) is 0 Å². The molecule has 2 atom stereocenters. The number of rotatable bonds is 2. The number of anilines is 2. The molecule has 1 saturated heterocycles. The van der Waals surface area contributed by atoms with Crippen molar-refractivity contribution in [2.24, 2.45) is 11.7 Å². The first kappa shape index (κ1) is 13.6. The van der Waals surface area contributed by atoms with Crippen LogP contribution >= 0.6 is 0 Å². The molecule has 0 saturated carbocycles. The third-order valence-electron chi connectivity index (χ3n) is 4.13. The van der Waals surface area contributed by atoms with E-state index in [2.05, 4.69) is 16.9 Å². The first-order valence-electron chi connectivity index (χ1n) is 7.14. The number of carbonyl (C=O) groups is 1. The number of fused-ring (bicyclic) bond motifs is 1. The van der Waals surface area contributed by atoms with E-state index in [1.807, 2.05) is 29.2 Å². The van der Waals surface area contributed by atoms with Gasteiger partial charge in [0.2, 0.25) is 5.91 Å². The highest BCUT2D eigenvalue weighted by molar-refractivity contribution is 5.81. The van der Waals surface area contributed by atoms with E-state index in [9.17, 15) is 4.79 Å². The number of carbonyl (C=O) groups excluding carboxylic acids is 1. The van der Waals surface area contributed by atoms with Crippen LogP contribution in [0.15, 0.2) is 24.3 Å². The van der Waals surface area contributed by atoms with E-state index in [-0.39, 0.29) is 17.9 Å². The van der Waals surface area contributed by atoms with Crippen molar-refractivity contribution in [3.8, 4) is 0 Å². The first-order valence-corrected chi connectivity index (χ1v) is 7.14. The summed E-state index contributed by atoms with van der Waals surface area (Å²) in [5, 5.41) is 0. The summed E-state index contributed by atoms with van der Waals surface area (Å²) in [6.07, 6.45) is 1.70. The molecule has 2 unspecified atom stereocenters. The summed E-state index contributed by atoms with van der Waals surface area (Å²) >= 11 is 0. The van der Waals surface area contributed by atoms with Gasteiger partial charge in [-0.2, -0.15) is 0 Å². The molecule has 21 heavy (non-hydrogen) atoms. The molecule has 0 spiro atoms. The number of amides is 1. The van der Waals surface area contributed by atoms with Crippen LogP contribution in [0.1, 0.15) is 19.8 Å². The predicted octanol–water partition coefficient (Wildman–Crippen LogP) is 1.30. The van der Waals surface area contributed by atoms with Gasteiger partial charge in [-0.25, -0.2) is 9.97 Å². The molecule has 2 aromatic rings. The van der Waals surface area contributed by atoms with Crippen molar-refractivity contribution in [2.75, 3.05) is 17.2 Å². The van der Waals surface area contributed by atoms with Gasteiger partial charge in [0.05, 0.1) is 17.0 Å². The highest BCUT2D eigenvalue weighted by Crippen LogP contribution is 2.30. The van der Waals surface area contributed by atoms with Gasteiger partial charge in [-0.15, -0.1) is 0 Å². The Balaban J connectivity index is 2.01. The Hall–Kier alpha value is -2.37. The lowest BCUT2D eigenvalue weighted by atomic mass is 9.93. The zero-order chi connectivity index (χ0) is 15.0. The summed E-state index contributed by atoms with van der Waals surface area (Å²) in [6.45, 7) is 2.65. The van der Waals surface area contributed by atoms with Gasteiger partial charge in [-0.3, -0.25) is 4.79 Å². The van der Waals surface area contributed by atoms with Crippen LogP contribution in [-0.4, -0.2) is 28.5 Å². The summed E-state index contributed by atoms with van der Waals surface area (Å²) in [6, 6.07) is 7.88. The highest BCUT2D eigenvalue weighted by Gasteiger charge is 2.30. The molecule has 1 aromatic carbocycles. The van der Waals surface area contributed by atoms with Crippen LogP contribution in [-0.2, 0) is 4.79 Å². The molecule has 1 fully saturated rings. The third kappa shape index (κ3) is 2.49. The number of hydrogen-bond donors (Lipinski definition) is 2. The van der Waals surface area contributed by atoms with Crippen LogP contribution < -0.4 is 16.4 Å². The van der Waals surface area contributed by atoms with E-state index in [1.165, 1.54) is 0 Å². The SMILES string of the molecule is CC1CCC(C(N)=O)CN1c1nc2ccccc2nc1N. The number of aromatic nitrogens is 2. The molecule has 6 heteroatoms. The molecule has 3 rings (SSSR count). The van der Waals surface area contributed by atoms with Gasteiger partial charge in [0, 0.05) is 12.6 Å². The maximum atomic E-state index is 11.5. The second-order valence-corrected chi connectivity index (χ2v) is 5.60. The number of para-hydroxylation sites is 2. The van der Waals surface area contributed by atoms with Crippen LogP contribution in [0.4, 0.5) is 11.6 Å². The standard InChI is InChI=1S/C15H19N5O/c1-9-6-7-10(14(17)21)8-20(9)15-13(16)18-11-4-2-3-5-12(11)19-15/h2-5,9-10H,6-8H2,1H3,(H2,16,18)(H2,17,21). The molecule has 1 aliphatic rings. The number of nitrogen functional groups attached to an aromatic ring is 1. The second-order valence-electron chi connectivity index (χ2n) is 5.60. The van der Waals surface area contributed by atoms with E-state index in [1.54, 1.807) is 0 Å². The van der Waals surface area contributed by atoms with Gasteiger partial charge in [0.25, 0.3) is 0 Å². The van der Waals surface area contributed by atoms with Gasteiger partial charge in [-0.1, -0.05) is 12.1 Å². The van der Waals surface area contributed by atoms with Crippen molar-refractivity contribution in [3.05, 3.63) is 24.3 Å². The van der Waals surface area contributed by atoms with Crippen molar-refractivity contribution < 1.29 is 4.79 Å². The Labute approximate surface area is 123 Å². The Morgan fingerprint density at radius 1 is 1.24 bits per heavy atom. The van der Waals surface area contributed by atoms with Crippen molar-refractivity contribution in [1.29, 1.82) is 0 Å². The molecule has 1 aliphatic heterocycles. The third-order valence-corrected chi connectivity index (χ3v) is 4.13. The maximum Gasteiger partial charge on any atom is 0.222 e. The molecule has 2 heterocycles. The Kier molecular flexibility index (Phi) is 3.37. The molecular formula is C15H19N5O. The fraction of sp³-hybridized carbons (Fsp3) is 0.400. The van der Waals surface area contributed by atoms with Crippen LogP contribution in [0.25, 0.3) is 11.0 Å². The minimum atomic E-state index is -0.265. The molecule has 4 N–H and O–H groups in total. The van der Waals surface area contributed by atoms with Crippen LogP contribution in [0.5, 0.6) is 0 Å². The number of benzene rings is 1. The zero-order valence-electron chi connectivity index (χ0n) is 12.0. The largest absolute Gasteiger partial charge is 0.381 e. The second kappa shape index (κ2) is 5.20. The van der Waals surface area contributed by atoms with E-state index < -0.39 is 0 Å². The molecule has 0 aliphatic carbocycles. The molecular weight excluding hydrogens is 266 g/mol. The monoisotopic (exact) mass is 285 g/mol. The number of nitrogens with two attached hydrogens (primary N) is 2. The highest BCUT2D eigenvalue weighted by atomic mass is 16.1. The summed E-state index contributed by atoms with van der Waals surface area (Å²) in [5.74, 6) is 0.617. The van der Waals surface area contributed by atoms with Crippen molar-refractivity contribution in [3.63, 3.8) is 0 Å².